The van der Waals surface area contributed by atoms with E-state index in [1.165, 1.54) is 17.9 Å². The molecule has 0 aliphatic rings. The fraction of sp³-hybridized carbons (Fsp3) is 0.158. The minimum atomic E-state index is -0.764. The first-order chi connectivity index (χ1) is 12.0. The number of carbonyl (C=O) groups excluding carboxylic acids is 2. The highest BCUT2D eigenvalue weighted by atomic mass is 35.5. The van der Waals surface area contributed by atoms with Gasteiger partial charge in [-0.05, 0) is 31.2 Å². The van der Waals surface area contributed by atoms with Gasteiger partial charge in [0, 0.05) is 16.6 Å². The number of carbonyl (C=O) groups is 2. The Labute approximate surface area is 149 Å². The SMILES string of the molecule is COC(=O)c1cn(C(=O)[C@H](C)Oc2cccc(Cl)c2)c2ccccc12. The number of hydrogen-bond donors (Lipinski definition) is 0. The minimum absolute atomic E-state index is 0.300. The second-order valence-electron chi connectivity index (χ2n) is 5.48. The highest BCUT2D eigenvalue weighted by Crippen LogP contribution is 2.24. The largest absolute Gasteiger partial charge is 0.481 e. The van der Waals surface area contributed by atoms with E-state index in [4.69, 9.17) is 21.1 Å². The van der Waals surface area contributed by atoms with Gasteiger partial charge in [-0.2, -0.15) is 0 Å². The van der Waals surface area contributed by atoms with Crippen molar-refractivity contribution in [2.45, 2.75) is 13.0 Å². The van der Waals surface area contributed by atoms with Crippen molar-refractivity contribution < 1.29 is 19.1 Å². The maximum Gasteiger partial charge on any atom is 0.340 e. The third-order valence-electron chi connectivity index (χ3n) is 3.81. The lowest BCUT2D eigenvalue weighted by atomic mass is 10.2. The number of rotatable bonds is 4. The van der Waals surface area contributed by atoms with Crippen LogP contribution in [0.25, 0.3) is 10.9 Å². The van der Waals surface area contributed by atoms with Crippen LogP contribution in [0.15, 0.2) is 54.7 Å². The van der Waals surface area contributed by atoms with Gasteiger partial charge in [-0.15, -0.1) is 0 Å². The molecule has 25 heavy (non-hydrogen) atoms. The Kier molecular flexibility index (Phi) is 4.76. The van der Waals surface area contributed by atoms with Gasteiger partial charge in [0.25, 0.3) is 5.91 Å². The molecule has 0 unspecified atom stereocenters. The van der Waals surface area contributed by atoms with Crippen LogP contribution < -0.4 is 4.74 Å². The van der Waals surface area contributed by atoms with Crippen molar-refractivity contribution in [2.75, 3.05) is 7.11 Å². The summed E-state index contributed by atoms with van der Waals surface area (Å²) in [6.45, 7) is 1.65. The Bertz CT molecular complexity index is 948. The number of ether oxygens (including phenoxy) is 2. The molecule has 0 N–H and O–H groups in total. The van der Waals surface area contributed by atoms with Crippen molar-refractivity contribution in [3.8, 4) is 5.75 Å². The maximum absolute atomic E-state index is 12.8. The Hall–Kier alpha value is -2.79. The molecule has 0 bridgehead atoms. The average molecular weight is 358 g/mol. The summed E-state index contributed by atoms with van der Waals surface area (Å²) in [5.41, 5.74) is 0.954. The fourth-order valence-corrected chi connectivity index (χ4v) is 2.81. The molecule has 0 spiro atoms. The van der Waals surface area contributed by atoms with E-state index in [1.54, 1.807) is 55.5 Å². The van der Waals surface area contributed by atoms with Gasteiger partial charge in [0.1, 0.15) is 5.75 Å². The summed E-state index contributed by atoms with van der Waals surface area (Å²) < 4.78 is 11.9. The van der Waals surface area contributed by atoms with Crippen LogP contribution in [0.4, 0.5) is 0 Å². The van der Waals surface area contributed by atoms with Crippen molar-refractivity contribution in [3.05, 3.63) is 65.3 Å². The lowest BCUT2D eigenvalue weighted by molar-refractivity contribution is 0.0602. The molecule has 3 rings (SSSR count). The van der Waals surface area contributed by atoms with Crippen LogP contribution >= 0.6 is 11.6 Å². The van der Waals surface area contributed by atoms with Gasteiger partial charge >= 0.3 is 5.97 Å². The normalized spacial score (nSPS) is 12.0. The van der Waals surface area contributed by atoms with Gasteiger partial charge in [0.15, 0.2) is 6.10 Å². The van der Waals surface area contributed by atoms with Gasteiger partial charge in [-0.3, -0.25) is 9.36 Å². The molecule has 0 fully saturated rings. The summed E-state index contributed by atoms with van der Waals surface area (Å²) >= 11 is 5.94. The number of para-hydroxylation sites is 1. The molecule has 1 heterocycles. The number of methoxy groups -OCH3 is 1. The molecule has 0 aliphatic carbocycles. The number of halogens is 1. The van der Waals surface area contributed by atoms with Crippen LogP contribution in [-0.2, 0) is 4.74 Å². The van der Waals surface area contributed by atoms with E-state index in [0.717, 1.165) is 0 Å². The van der Waals surface area contributed by atoms with Gasteiger partial charge in [0.05, 0.1) is 18.2 Å². The Morgan fingerprint density at radius 3 is 2.60 bits per heavy atom. The molecule has 1 atom stereocenters. The number of nitrogens with zero attached hydrogens (tertiary/aromatic N) is 1. The zero-order valence-corrected chi connectivity index (χ0v) is 14.5. The standard InChI is InChI=1S/C19H16ClNO4/c1-12(25-14-7-5-6-13(20)10-14)18(22)21-11-16(19(23)24-2)15-8-3-4-9-17(15)21/h3-12H,1-2H3/t12-/m0/s1. The van der Waals surface area contributed by atoms with Crippen LogP contribution in [0.3, 0.4) is 0 Å². The summed E-state index contributed by atoms with van der Waals surface area (Å²) in [7, 11) is 1.31. The molecule has 0 saturated carbocycles. The van der Waals surface area contributed by atoms with Gasteiger partial charge in [-0.1, -0.05) is 35.9 Å². The van der Waals surface area contributed by atoms with Crippen LogP contribution in [0, 0.1) is 0 Å². The molecule has 0 radical (unpaired) electrons. The van der Waals surface area contributed by atoms with Crippen molar-refractivity contribution in [3.63, 3.8) is 0 Å². The van der Waals surface area contributed by atoms with E-state index < -0.39 is 12.1 Å². The summed E-state index contributed by atoms with van der Waals surface area (Å²) in [6.07, 6.45) is 0.719. The Morgan fingerprint density at radius 1 is 1.12 bits per heavy atom. The maximum atomic E-state index is 12.8. The molecule has 0 aliphatic heterocycles. The smallest absolute Gasteiger partial charge is 0.340 e. The summed E-state index contributed by atoms with van der Waals surface area (Å²) in [4.78, 5) is 24.8. The van der Waals surface area contributed by atoms with Gasteiger partial charge < -0.3 is 9.47 Å². The topological polar surface area (TPSA) is 57.5 Å². The van der Waals surface area contributed by atoms with Gasteiger partial charge in [0.2, 0.25) is 0 Å². The zero-order chi connectivity index (χ0) is 18.0. The highest BCUT2D eigenvalue weighted by molar-refractivity contribution is 6.30. The predicted octanol–water partition coefficient (Wildman–Crippen LogP) is 4.19. The van der Waals surface area contributed by atoms with Crippen molar-refractivity contribution >= 4 is 34.4 Å². The lowest BCUT2D eigenvalue weighted by Gasteiger charge is -2.15. The van der Waals surface area contributed by atoms with Crippen LogP contribution in [0.1, 0.15) is 22.1 Å². The number of fused-ring (bicyclic) bond motifs is 1. The van der Waals surface area contributed by atoms with Crippen molar-refractivity contribution in [1.82, 2.24) is 4.57 Å². The molecular formula is C19H16ClNO4. The molecule has 0 saturated heterocycles. The lowest BCUT2D eigenvalue weighted by Crippen LogP contribution is -2.28. The molecule has 2 aromatic carbocycles. The number of esters is 1. The van der Waals surface area contributed by atoms with E-state index in [2.05, 4.69) is 0 Å². The second-order valence-corrected chi connectivity index (χ2v) is 5.91. The molecule has 6 heteroatoms. The summed E-state index contributed by atoms with van der Waals surface area (Å²) in [5.74, 6) is -0.296. The summed E-state index contributed by atoms with van der Waals surface area (Å²) in [6, 6.07) is 14.0. The number of hydrogen-bond acceptors (Lipinski definition) is 4. The number of aromatic nitrogens is 1. The molecule has 3 aromatic rings. The molecule has 1 aromatic heterocycles. The monoisotopic (exact) mass is 357 g/mol. The third-order valence-corrected chi connectivity index (χ3v) is 4.05. The van der Waals surface area contributed by atoms with Crippen LogP contribution in [0.2, 0.25) is 5.02 Å². The highest BCUT2D eigenvalue weighted by Gasteiger charge is 2.23. The predicted molar refractivity (Wildman–Crippen MR) is 95.4 cm³/mol. The van der Waals surface area contributed by atoms with E-state index in [9.17, 15) is 9.59 Å². The molecule has 128 valence electrons. The first-order valence-corrected chi connectivity index (χ1v) is 8.04. The molecule has 0 amide bonds. The quantitative estimate of drug-likeness (QED) is 0.657. The average Bonchev–Trinajstić information content (AvgIpc) is 3.00. The van der Waals surface area contributed by atoms with Crippen LogP contribution in [-0.4, -0.2) is 29.7 Å². The van der Waals surface area contributed by atoms with E-state index >= 15 is 0 Å². The van der Waals surface area contributed by atoms with Crippen molar-refractivity contribution in [1.29, 1.82) is 0 Å². The number of benzene rings is 2. The zero-order valence-electron chi connectivity index (χ0n) is 13.7. The fourth-order valence-electron chi connectivity index (χ4n) is 2.63. The second kappa shape index (κ2) is 6.99. The van der Waals surface area contributed by atoms with E-state index in [-0.39, 0.29) is 5.91 Å². The van der Waals surface area contributed by atoms with E-state index in [0.29, 0.717) is 27.2 Å². The molecule has 5 nitrogen and oxygen atoms in total. The van der Waals surface area contributed by atoms with Crippen molar-refractivity contribution in [2.24, 2.45) is 0 Å². The molecular weight excluding hydrogens is 342 g/mol. The first kappa shape index (κ1) is 17.0. The third kappa shape index (κ3) is 3.37. The Morgan fingerprint density at radius 2 is 1.88 bits per heavy atom. The van der Waals surface area contributed by atoms with Crippen LogP contribution in [0.5, 0.6) is 5.75 Å². The first-order valence-electron chi connectivity index (χ1n) is 7.66. The van der Waals surface area contributed by atoms with E-state index in [1.807, 2.05) is 0 Å². The Balaban J connectivity index is 1.95. The van der Waals surface area contributed by atoms with Gasteiger partial charge in [-0.25, -0.2) is 4.79 Å². The summed E-state index contributed by atoms with van der Waals surface area (Å²) in [5, 5.41) is 1.18. The minimum Gasteiger partial charge on any atom is -0.481 e.